The van der Waals surface area contributed by atoms with Gasteiger partial charge < -0.3 is 9.84 Å². The van der Waals surface area contributed by atoms with Gasteiger partial charge in [0.05, 0.1) is 23.4 Å². The predicted molar refractivity (Wildman–Crippen MR) is 89.0 cm³/mol. The van der Waals surface area contributed by atoms with Gasteiger partial charge >= 0.3 is 0 Å². The van der Waals surface area contributed by atoms with Crippen LogP contribution in [0.3, 0.4) is 0 Å². The summed E-state index contributed by atoms with van der Waals surface area (Å²) in [4.78, 5) is 0. The summed E-state index contributed by atoms with van der Waals surface area (Å²) in [5.74, 6) is 1.14. The molecule has 0 aliphatic heterocycles. The minimum Gasteiger partial charge on any atom is -0.439 e. The van der Waals surface area contributed by atoms with Gasteiger partial charge in [-0.2, -0.15) is 10.4 Å². The molecule has 0 aliphatic carbocycles. The number of aromatic nitrogens is 2. The second-order valence-electron chi connectivity index (χ2n) is 5.49. The van der Waals surface area contributed by atoms with Crippen LogP contribution in [0.4, 0.5) is 0 Å². The van der Waals surface area contributed by atoms with Crippen molar-refractivity contribution in [3.8, 4) is 17.7 Å². The van der Waals surface area contributed by atoms with Crippen LogP contribution in [-0.4, -0.2) is 21.5 Å². The molecule has 0 atom stereocenters. The van der Waals surface area contributed by atoms with Crippen LogP contribution >= 0.6 is 11.6 Å². The summed E-state index contributed by atoms with van der Waals surface area (Å²) in [7, 11) is 0. The fourth-order valence-electron chi connectivity index (χ4n) is 2.42. The third kappa shape index (κ3) is 3.84. The summed E-state index contributed by atoms with van der Waals surface area (Å²) in [5.41, 5.74) is 2.24. The molecule has 0 saturated heterocycles. The van der Waals surface area contributed by atoms with Crippen molar-refractivity contribution in [2.75, 3.05) is 6.61 Å². The highest BCUT2D eigenvalue weighted by Crippen LogP contribution is 2.32. The number of aliphatic hydroxyl groups is 1. The molecule has 0 amide bonds. The van der Waals surface area contributed by atoms with Crippen molar-refractivity contribution in [2.45, 2.75) is 39.7 Å². The van der Waals surface area contributed by atoms with Crippen molar-refractivity contribution in [1.82, 2.24) is 9.78 Å². The zero-order valence-electron chi connectivity index (χ0n) is 13.5. The van der Waals surface area contributed by atoms with E-state index in [1.165, 1.54) is 0 Å². The van der Waals surface area contributed by atoms with Gasteiger partial charge in [-0.1, -0.05) is 18.5 Å². The Morgan fingerprint density at radius 1 is 1.39 bits per heavy atom. The molecular weight excluding hydrogens is 314 g/mol. The van der Waals surface area contributed by atoms with Gasteiger partial charge in [-0.15, -0.1) is 0 Å². The van der Waals surface area contributed by atoms with E-state index in [-0.39, 0.29) is 12.6 Å². The Morgan fingerprint density at radius 3 is 2.70 bits per heavy atom. The zero-order valence-corrected chi connectivity index (χ0v) is 14.3. The maximum Gasteiger partial charge on any atom is 0.221 e. The van der Waals surface area contributed by atoms with Crippen molar-refractivity contribution in [3.63, 3.8) is 0 Å². The molecule has 0 saturated carbocycles. The summed E-state index contributed by atoms with van der Waals surface area (Å²) >= 11 is 6.04. The normalized spacial score (nSPS) is 10.8. The van der Waals surface area contributed by atoms with Crippen molar-refractivity contribution in [2.24, 2.45) is 0 Å². The molecule has 0 spiro atoms. The van der Waals surface area contributed by atoms with Gasteiger partial charge in [-0.25, -0.2) is 4.68 Å². The Bertz CT molecular complexity index is 732. The highest BCUT2D eigenvalue weighted by Gasteiger charge is 2.20. The third-order valence-electron chi connectivity index (χ3n) is 3.45. The minimum absolute atomic E-state index is 0.0390. The largest absolute Gasteiger partial charge is 0.439 e. The second-order valence-corrected chi connectivity index (χ2v) is 5.92. The number of hydrogen-bond donors (Lipinski definition) is 1. The summed E-state index contributed by atoms with van der Waals surface area (Å²) in [6.45, 7) is 6.09. The van der Waals surface area contributed by atoms with E-state index >= 15 is 0 Å². The van der Waals surface area contributed by atoms with Gasteiger partial charge in [-0.05, 0) is 38.5 Å². The molecule has 1 aromatic heterocycles. The van der Waals surface area contributed by atoms with Gasteiger partial charge in [-0.3, -0.25) is 0 Å². The average molecular weight is 334 g/mol. The first kappa shape index (κ1) is 17.3. The molecule has 0 bridgehead atoms. The van der Waals surface area contributed by atoms with E-state index in [9.17, 15) is 5.11 Å². The quantitative estimate of drug-likeness (QED) is 0.870. The lowest BCUT2D eigenvalue weighted by atomic mass is 10.1. The lowest BCUT2D eigenvalue weighted by molar-refractivity contribution is 0.297. The van der Waals surface area contributed by atoms with Crippen LogP contribution in [0.1, 0.15) is 43.6 Å². The molecule has 122 valence electrons. The molecule has 0 aliphatic rings. The van der Waals surface area contributed by atoms with E-state index in [2.05, 4.69) is 11.2 Å². The molecule has 1 heterocycles. The van der Waals surface area contributed by atoms with Crippen LogP contribution in [0.5, 0.6) is 11.6 Å². The fourth-order valence-corrected chi connectivity index (χ4v) is 2.64. The van der Waals surface area contributed by atoms with E-state index in [0.717, 1.165) is 17.7 Å². The molecule has 0 fully saturated rings. The maximum absolute atomic E-state index is 9.23. The first-order valence-electron chi connectivity index (χ1n) is 7.59. The molecule has 0 radical (unpaired) electrons. The minimum atomic E-state index is 0.0390. The van der Waals surface area contributed by atoms with Crippen LogP contribution in [0, 0.1) is 11.3 Å². The van der Waals surface area contributed by atoms with Gasteiger partial charge in [0.15, 0.2) is 0 Å². The molecule has 1 N–H and O–H groups in total. The maximum atomic E-state index is 9.23. The lowest BCUT2D eigenvalue weighted by Crippen LogP contribution is -2.06. The van der Waals surface area contributed by atoms with Crippen LogP contribution in [0.2, 0.25) is 5.02 Å². The van der Waals surface area contributed by atoms with Gasteiger partial charge in [0.1, 0.15) is 5.75 Å². The van der Waals surface area contributed by atoms with Crippen LogP contribution < -0.4 is 4.74 Å². The molecule has 2 rings (SSSR count). The predicted octanol–water partition coefficient (Wildman–Crippen LogP) is 3.88. The highest BCUT2D eigenvalue weighted by molar-refractivity contribution is 6.30. The zero-order chi connectivity index (χ0) is 17.0. The highest BCUT2D eigenvalue weighted by atomic mass is 35.5. The van der Waals surface area contributed by atoms with Crippen molar-refractivity contribution >= 4 is 11.6 Å². The topological polar surface area (TPSA) is 71.1 Å². The molecule has 23 heavy (non-hydrogen) atoms. The van der Waals surface area contributed by atoms with Crippen LogP contribution in [-0.2, 0) is 12.8 Å². The van der Waals surface area contributed by atoms with Gasteiger partial charge in [0.25, 0.3) is 0 Å². The molecule has 0 unspecified atom stereocenters. The van der Waals surface area contributed by atoms with E-state index in [4.69, 9.17) is 21.6 Å². The number of nitrogens with zero attached hydrogens (tertiary/aromatic N) is 3. The van der Waals surface area contributed by atoms with Gasteiger partial charge in [0, 0.05) is 23.6 Å². The molecular formula is C17H20ClN3O2. The van der Waals surface area contributed by atoms with E-state index < -0.39 is 0 Å². The molecule has 5 nitrogen and oxygen atoms in total. The average Bonchev–Trinajstić information content (AvgIpc) is 2.84. The molecule has 6 heteroatoms. The van der Waals surface area contributed by atoms with E-state index in [1.54, 1.807) is 22.9 Å². The molecule has 1 aromatic carbocycles. The number of aliphatic hydroxyl groups excluding tert-OH is 1. The van der Waals surface area contributed by atoms with Crippen molar-refractivity contribution in [3.05, 3.63) is 40.0 Å². The van der Waals surface area contributed by atoms with Crippen LogP contribution in [0.25, 0.3) is 0 Å². The SMILES string of the molecule is CCc1c(CCO)nn(C(C)C)c1Oc1cc(Cl)cc(C#N)c1. The molecule has 2 aromatic rings. The standard InChI is InChI=1S/C17H20ClN3O2/c1-4-15-16(5-6-22)20-21(11(2)3)17(15)23-14-8-12(10-19)7-13(18)9-14/h7-9,11,22H,4-6H2,1-3H3. The number of rotatable bonds is 6. The third-order valence-corrected chi connectivity index (χ3v) is 3.67. The van der Waals surface area contributed by atoms with E-state index in [1.807, 2.05) is 20.8 Å². The van der Waals surface area contributed by atoms with Crippen LogP contribution in [0.15, 0.2) is 18.2 Å². The van der Waals surface area contributed by atoms with Crippen molar-refractivity contribution in [1.29, 1.82) is 5.26 Å². The second kappa shape index (κ2) is 7.49. The van der Waals surface area contributed by atoms with Crippen molar-refractivity contribution < 1.29 is 9.84 Å². The number of halogens is 1. The Kier molecular flexibility index (Phi) is 5.64. The first-order chi connectivity index (χ1) is 11.0. The summed E-state index contributed by atoms with van der Waals surface area (Å²) in [5, 5.41) is 23.3. The number of ether oxygens (including phenoxy) is 1. The monoisotopic (exact) mass is 333 g/mol. The first-order valence-corrected chi connectivity index (χ1v) is 7.97. The number of nitriles is 1. The Hall–Kier alpha value is -2.03. The smallest absolute Gasteiger partial charge is 0.221 e. The summed E-state index contributed by atoms with van der Waals surface area (Å²) in [6, 6.07) is 7.08. The number of hydrogen-bond acceptors (Lipinski definition) is 4. The van der Waals surface area contributed by atoms with E-state index in [0.29, 0.717) is 28.6 Å². The van der Waals surface area contributed by atoms with Gasteiger partial charge in [0.2, 0.25) is 5.88 Å². The number of benzene rings is 1. The Morgan fingerprint density at radius 2 is 2.13 bits per heavy atom. The Balaban J connectivity index is 2.49. The lowest BCUT2D eigenvalue weighted by Gasteiger charge is -2.13. The summed E-state index contributed by atoms with van der Waals surface area (Å²) in [6.07, 6.45) is 1.22. The Labute approximate surface area is 141 Å². The fraction of sp³-hybridized carbons (Fsp3) is 0.412. The summed E-state index contributed by atoms with van der Waals surface area (Å²) < 4.78 is 7.83.